The van der Waals surface area contributed by atoms with Crippen LogP contribution in [0.15, 0.2) is 18.6 Å². The van der Waals surface area contributed by atoms with Gasteiger partial charge in [0.25, 0.3) is 0 Å². The summed E-state index contributed by atoms with van der Waals surface area (Å²) in [7, 11) is 0. The molecule has 2 amide bonds. The molecule has 0 bridgehead atoms. The molecule has 6 nitrogen and oxygen atoms in total. The van der Waals surface area contributed by atoms with Gasteiger partial charge >= 0.3 is 6.03 Å². The van der Waals surface area contributed by atoms with Crippen molar-refractivity contribution in [2.45, 2.75) is 25.7 Å². The number of amides is 2. The van der Waals surface area contributed by atoms with E-state index in [2.05, 4.69) is 15.3 Å². The largest absolute Gasteiger partial charge is 0.379 e. The number of nitrogens with one attached hydrogen (secondary N) is 1. The Morgan fingerprint density at radius 3 is 3.00 bits per heavy atom. The number of hydrogen-bond acceptors (Lipinski definition) is 4. The van der Waals surface area contributed by atoms with Gasteiger partial charge in [0, 0.05) is 50.6 Å². The van der Waals surface area contributed by atoms with E-state index < -0.39 is 0 Å². The molecule has 2 fully saturated rings. The second-order valence-electron chi connectivity index (χ2n) is 6.15. The molecule has 6 heteroatoms. The molecule has 22 heavy (non-hydrogen) atoms. The highest BCUT2D eigenvalue weighted by Crippen LogP contribution is 2.34. The summed E-state index contributed by atoms with van der Waals surface area (Å²) >= 11 is 0. The van der Waals surface area contributed by atoms with Gasteiger partial charge in [0.1, 0.15) is 0 Å². The van der Waals surface area contributed by atoms with E-state index in [1.54, 1.807) is 18.6 Å². The molecule has 1 aliphatic carbocycles. The van der Waals surface area contributed by atoms with Crippen molar-refractivity contribution in [3.63, 3.8) is 0 Å². The minimum atomic E-state index is 0.0127. The molecule has 1 N–H and O–H groups in total. The molecular formula is C16H24N4O2. The molecule has 3 rings (SSSR count). The zero-order valence-electron chi connectivity index (χ0n) is 12.9. The van der Waals surface area contributed by atoms with E-state index in [9.17, 15) is 4.79 Å². The van der Waals surface area contributed by atoms with E-state index in [0.29, 0.717) is 32.0 Å². The second kappa shape index (κ2) is 7.54. The average Bonchev–Trinajstić information content (AvgIpc) is 2.73. The van der Waals surface area contributed by atoms with Gasteiger partial charge in [-0.2, -0.15) is 0 Å². The van der Waals surface area contributed by atoms with Gasteiger partial charge in [0.15, 0.2) is 0 Å². The molecular weight excluding hydrogens is 280 g/mol. The third kappa shape index (κ3) is 3.94. The van der Waals surface area contributed by atoms with Gasteiger partial charge in [-0.25, -0.2) is 4.79 Å². The van der Waals surface area contributed by atoms with Crippen LogP contribution in [0.25, 0.3) is 0 Å². The van der Waals surface area contributed by atoms with E-state index >= 15 is 0 Å². The lowest BCUT2D eigenvalue weighted by atomic mass is 9.76. The predicted octanol–water partition coefficient (Wildman–Crippen LogP) is 1.48. The van der Waals surface area contributed by atoms with Crippen LogP contribution in [-0.4, -0.2) is 53.7 Å². The molecule has 1 aliphatic heterocycles. The number of urea groups is 1. The number of aromatic nitrogens is 2. The summed E-state index contributed by atoms with van der Waals surface area (Å²) < 4.78 is 5.68. The highest BCUT2D eigenvalue weighted by Gasteiger charge is 2.31. The maximum Gasteiger partial charge on any atom is 0.317 e. The van der Waals surface area contributed by atoms with Crippen LogP contribution in [0, 0.1) is 11.8 Å². The highest BCUT2D eigenvalue weighted by molar-refractivity contribution is 5.74. The number of ether oxygens (including phenoxy) is 1. The molecule has 2 heterocycles. The minimum absolute atomic E-state index is 0.0127. The Kier molecular flexibility index (Phi) is 5.21. The lowest BCUT2D eigenvalue weighted by Gasteiger charge is -2.34. The molecule has 0 radical (unpaired) electrons. The summed E-state index contributed by atoms with van der Waals surface area (Å²) in [5, 5.41) is 2.99. The Morgan fingerprint density at radius 1 is 1.36 bits per heavy atom. The van der Waals surface area contributed by atoms with E-state index in [1.807, 2.05) is 4.90 Å². The van der Waals surface area contributed by atoms with E-state index in [4.69, 9.17) is 4.74 Å². The highest BCUT2D eigenvalue weighted by atomic mass is 16.5. The van der Waals surface area contributed by atoms with Crippen LogP contribution in [0.1, 0.15) is 25.0 Å². The van der Waals surface area contributed by atoms with Crippen molar-refractivity contribution < 1.29 is 9.53 Å². The smallest absolute Gasteiger partial charge is 0.317 e. The average molecular weight is 304 g/mol. The molecule has 1 saturated heterocycles. The van der Waals surface area contributed by atoms with Gasteiger partial charge in [0.05, 0.1) is 18.9 Å². The van der Waals surface area contributed by atoms with Crippen molar-refractivity contribution >= 4 is 6.03 Å². The Labute approximate surface area is 131 Å². The van der Waals surface area contributed by atoms with Crippen molar-refractivity contribution in [1.82, 2.24) is 20.2 Å². The zero-order valence-corrected chi connectivity index (χ0v) is 12.9. The number of carbonyl (C=O) groups excluding carboxylic acids is 1. The van der Waals surface area contributed by atoms with Crippen LogP contribution in [-0.2, 0) is 11.2 Å². The Morgan fingerprint density at radius 2 is 2.27 bits per heavy atom. The quantitative estimate of drug-likeness (QED) is 0.915. The van der Waals surface area contributed by atoms with E-state index in [-0.39, 0.29) is 6.03 Å². The van der Waals surface area contributed by atoms with Crippen molar-refractivity contribution in [2.24, 2.45) is 11.8 Å². The summed E-state index contributed by atoms with van der Waals surface area (Å²) in [5.74, 6) is 1.25. The molecule has 0 aromatic carbocycles. The topological polar surface area (TPSA) is 67.4 Å². The van der Waals surface area contributed by atoms with Crippen molar-refractivity contribution in [1.29, 1.82) is 0 Å². The van der Waals surface area contributed by atoms with Crippen LogP contribution >= 0.6 is 0 Å². The van der Waals surface area contributed by atoms with Crippen LogP contribution < -0.4 is 5.32 Å². The number of rotatable bonds is 4. The Balaban J connectivity index is 1.45. The van der Waals surface area contributed by atoms with Gasteiger partial charge < -0.3 is 15.0 Å². The Bertz CT molecular complexity index is 478. The van der Waals surface area contributed by atoms with Gasteiger partial charge in [0.2, 0.25) is 0 Å². The monoisotopic (exact) mass is 304 g/mol. The van der Waals surface area contributed by atoms with Gasteiger partial charge in [-0.15, -0.1) is 0 Å². The number of nitrogens with zero attached hydrogens (tertiary/aromatic N) is 3. The van der Waals surface area contributed by atoms with Gasteiger partial charge in [-0.05, 0) is 5.92 Å². The van der Waals surface area contributed by atoms with Crippen LogP contribution in [0.3, 0.4) is 0 Å². The first kappa shape index (κ1) is 15.2. The summed E-state index contributed by atoms with van der Waals surface area (Å²) in [6.07, 6.45) is 9.67. The number of carbonyl (C=O) groups is 1. The maximum atomic E-state index is 12.3. The fraction of sp³-hybridized carbons (Fsp3) is 0.688. The first-order valence-electron chi connectivity index (χ1n) is 8.18. The van der Waals surface area contributed by atoms with Crippen LogP contribution in [0.5, 0.6) is 0 Å². The standard InChI is InChI=1S/C16H24N4O2/c21-16(19-5-4-15-10-17-6-7-18-15)20-8-9-22-12-14(11-20)13-2-1-3-13/h6-7,10,13-14H,1-5,8-9,11-12H2,(H,19,21). The first-order chi connectivity index (χ1) is 10.8. The molecule has 0 spiro atoms. The minimum Gasteiger partial charge on any atom is -0.379 e. The fourth-order valence-electron chi connectivity index (χ4n) is 3.09. The van der Waals surface area contributed by atoms with Gasteiger partial charge in [-0.1, -0.05) is 19.3 Å². The first-order valence-corrected chi connectivity index (χ1v) is 8.18. The molecule has 2 aliphatic rings. The van der Waals surface area contributed by atoms with Gasteiger partial charge in [-0.3, -0.25) is 9.97 Å². The number of hydrogen-bond donors (Lipinski definition) is 1. The maximum absolute atomic E-state index is 12.3. The molecule has 1 aromatic rings. The third-order valence-electron chi connectivity index (χ3n) is 4.67. The lowest BCUT2D eigenvalue weighted by molar-refractivity contribution is 0.0775. The zero-order chi connectivity index (χ0) is 15.2. The third-order valence-corrected chi connectivity index (χ3v) is 4.67. The predicted molar refractivity (Wildman–Crippen MR) is 82.4 cm³/mol. The lowest BCUT2D eigenvalue weighted by Crippen LogP contribution is -2.45. The van der Waals surface area contributed by atoms with Crippen LogP contribution in [0.2, 0.25) is 0 Å². The molecule has 1 aromatic heterocycles. The summed E-state index contributed by atoms with van der Waals surface area (Å²) in [5.41, 5.74) is 0.898. The van der Waals surface area contributed by atoms with Crippen molar-refractivity contribution in [3.05, 3.63) is 24.3 Å². The normalized spacial score (nSPS) is 22.7. The SMILES string of the molecule is O=C(NCCc1cnccn1)N1CCOCC(C2CCC2)C1. The van der Waals surface area contributed by atoms with E-state index in [1.165, 1.54) is 19.3 Å². The summed E-state index contributed by atoms with van der Waals surface area (Å²) in [6.45, 7) is 3.53. The van der Waals surface area contributed by atoms with E-state index in [0.717, 1.165) is 24.8 Å². The summed E-state index contributed by atoms with van der Waals surface area (Å²) in [4.78, 5) is 22.5. The Hall–Kier alpha value is -1.69. The summed E-state index contributed by atoms with van der Waals surface area (Å²) in [6, 6.07) is 0.0127. The molecule has 1 atom stereocenters. The van der Waals surface area contributed by atoms with Crippen molar-refractivity contribution in [2.75, 3.05) is 32.8 Å². The second-order valence-corrected chi connectivity index (χ2v) is 6.15. The van der Waals surface area contributed by atoms with Crippen molar-refractivity contribution in [3.8, 4) is 0 Å². The van der Waals surface area contributed by atoms with Crippen LogP contribution in [0.4, 0.5) is 4.79 Å². The fourth-order valence-corrected chi connectivity index (χ4v) is 3.09. The molecule has 1 unspecified atom stereocenters. The molecule has 120 valence electrons. The molecule has 1 saturated carbocycles.